The summed E-state index contributed by atoms with van der Waals surface area (Å²) in [5, 5.41) is 3.11. The van der Waals surface area contributed by atoms with Gasteiger partial charge < -0.3 is 5.32 Å². The highest BCUT2D eigenvalue weighted by Gasteiger charge is 1.62. The molecule has 1 nitrogen and oxygen atoms in total. The van der Waals surface area contributed by atoms with Crippen molar-refractivity contribution in [3.63, 3.8) is 0 Å². The van der Waals surface area contributed by atoms with Gasteiger partial charge in [0.25, 0.3) is 0 Å². The molecule has 0 atom stereocenters. The Balaban J connectivity index is 0. The van der Waals surface area contributed by atoms with Crippen LogP contribution >= 0.6 is 24.4 Å². The van der Waals surface area contributed by atoms with E-state index in [4.69, 9.17) is 0 Å². The fourth-order valence-electron chi connectivity index (χ4n) is 0.250. The summed E-state index contributed by atoms with van der Waals surface area (Å²) < 4.78 is 1.92. The molecule has 0 aliphatic rings. The lowest BCUT2D eigenvalue weighted by molar-refractivity contribution is 0.762. The molecule has 0 unspecified atom stereocenters. The van der Waals surface area contributed by atoms with Gasteiger partial charge in [0.05, 0.1) is 0 Å². The largest absolute Gasteiger partial charge is 0.317 e. The van der Waals surface area contributed by atoms with Crippen LogP contribution in [0.1, 0.15) is 13.8 Å². The van der Waals surface area contributed by atoms with Crippen LogP contribution in [0.5, 0.6) is 0 Å². The van der Waals surface area contributed by atoms with E-state index in [0.29, 0.717) is 0 Å². The molecule has 0 aliphatic carbocycles. The van der Waals surface area contributed by atoms with Crippen LogP contribution in [-0.4, -0.2) is 17.4 Å². The van der Waals surface area contributed by atoms with Crippen LogP contribution in [0.4, 0.5) is 0 Å². The molecule has 1 N–H and O–H groups in total. The minimum atomic E-state index is 1.09. The Morgan fingerprint density at radius 3 is 1.50 bits per heavy atom. The van der Waals surface area contributed by atoms with Crippen LogP contribution in [0.3, 0.4) is 0 Å². The van der Waals surface area contributed by atoms with E-state index in [0.717, 1.165) is 13.1 Å². The predicted octanol–water partition coefficient (Wildman–Crippen LogP) is 1.63. The number of nitrogens with one attached hydrogen (secondary N) is 1. The molecule has 0 radical (unpaired) electrons. The molecule has 0 spiro atoms. The minimum Gasteiger partial charge on any atom is -0.317 e. The van der Waals surface area contributed by atoms with Gasteiger partial charge >= 0.3 is 0 Å². The van der Waals surface area contributed by atoms with E-state index in [-0.39, 0.29) is 0 Å². The van der Waals surface area contributed by atoms with Gasteiger partial charge in [0.15, 0.2) is 0 Å². The van der Waals surface area contributed by atoms with Gasteiger partial charge in [0, 0.05) is 4.31 Å². The molecule has 8 heavy (non-hydrogen) atoms. The third-order valence-electron chi connectivity index (χ3n) is 0.500. The second-order valence-electron chi connectivity index (χ2n) is 1.04. The first-order valence-electron chi connectivity index (χ1n) is 2.53. The summed E-state index contributed by atoms with van der Waals surface area (Å²) in [6, 6.07) is 0. The first-order chi connectivity index (χ1) is 3.83. The monoisotopic (exact) mass is 149 g/mol. The fourth-order valence-corrected chi connectivity index (χ4v) is 0.250. The molecule has 0 aromatic heterocycles. The zero-order valence-electron chi connectivity index (χ0n) is 5.23. The number of rotatable bonds is 2. The quantitative estimate of drug-likeness (QED) is 0.599. The van der Waals surface area contributed by atoms with Gasteiger partial charge in [0.1, 0.15) is 0 Å². The summed E-state index contributed by atoms with van der Waals surface area (Å²) in [7, 11) is 0. The Morgan fingerprint density at radius 2 is 1.50 bits per heavy atom. The number of hydrogen-bond donors (Lipinski definition) is 1. The standard InChI is InChI=1S/C4H11N.CS2/c1-3-5-4-2;2-1-3/h5H,3-4H2,1-2H3;. The lowest BCUT2D eigenvalue weighted by atomic mass is 10.7. The molecule has 0 saturated heterocycles. The van der Waals surface area contributed by atoms with E-state index < -0.39 is 0 Å². The Bertz CT molecular complexity index is 55.4. The molecule has 0 aliphatic heterocycles. The maximum Gasteiger partial charge on any atom is 0.0297 e. The summed E-state index contributed by atoms with van der Waals surface area (Å²) >= 11 is 7.92. The summed E-state index contributed by atoms with van der Waals surface area (Å²) in [5.41, 5.74) is 0. The number of thiocarbonyl (C=S) groups is 2. The highest BCUT2D eigenvalue weighted by molar-refractivity contribution is 7.93. The Labute approximate surface area is 61.5 Å². The zero-order valence-corrected chi connectivity index (χ0v) is 6.86. The van der Waals surface area contributed by atoms with Crippen molar-refractivity contribution >= 4 is 28.7 Å². The summed E-state index contributed by atoms with van der Waals surface area (Å²) in [5.74, 6) is 0. The lowest BCUT2D eigenvalue weighted by Crippen LogP contribution is -2.09. The molecule has 0 aromatic carbocycles. The highest BCUT2D eigenvalue weighted by Crippen LogP contribution is 1.47. The molecular weight excluding hydrogens is 138 g/mol. The van der Waals surface area contributed by atoms with Gasteiger partial charge in [-0.25, -0.2) is 0 Å². The van der Waals surface area contributed by atoms with Gasteiger partial charge in [0.2, 0.25) is 0 Å². The van der Waals surface area contributed by atoms with Crippen molar-refractivity contribution in [2.45, 2.75) is 13.8 Å². The molecule has 3 heteroatoms. The molecule has 0 bridgehead atoms. The molecule has 0 saturated carbocycles. The van der Waals surface area contributed by atoms with Crippen LogP contribution in [0.15, 0.2) is 0 Å². The van der Waals surface area contributed by atoms with Gasteiger partial charge in [-0.15, -0.1) is 0 Å². The maximum atomic E-state index is 3.96. The molecule has 0 aromatic rings. The van der Waals surface area contributed by atoms with Crippen LogP contribution in [0.25, 0.3) is 0 Å². The third-order valence-corrected chi connectivity index (χ3v) is 0.500. The van der Waals surface area contributed by atoms with Gasteiger partial charge in [-0.05, 0) is 37.5 Å². The highest BCUT2D eigenvalue weighted by atomic mass is 32.1. The molecule has 0 fully saturated rings. The SMILES string of the molecule is CCNCC.S=C=S. The van der Waals surface area contributed by atoms with Gasteiger partial charge in [-0.1, -0.05) is 13.8 Å². The molecule has 0 rings (SSSR count). The second kappa shape index (κ2) is 15.7. The van der Waals surface area contributed by atoms with E-state index in [2.05, 4.69) is 43.6 Å². The van der Waals surface area contributed by atoms with Crippen molar-refractivity contribution in [3.05, 3.63) is 0 Å². The van der Waals surface area contributed by atoms with Crippen LogP contribution < -0.4 is 5.32 Å². The average molecular weight is 149 g/mol. The Morgan fingerprint density at radius 1 is 1.25 bits per heavy atom. The smallest absolute Gasteiger partial charge is 0.0297 e. The average Bonchev–Trinajstić information content (AvgIpc) is 1.71. The van der Waals surface area contributed by atoms with Crippen molar-refractivity contribution in [2.24, 2.45) is 0 Å². The Hall–Kier alpha value is 0.180. The second-order valence-corrected chi connectivity index (χ2v) is 1.71. The molecule has 0 heterocycles. The van der Waals surface area contributed by atoms with E-state index in [1.54, 1.807) is 0 Å². The molecular formula is C5H11NS2. The first kappa shape index (κ1) is 11.0. The summed E-state index contributed by atoms with van der Waals surface area (Å²) in [4.78, 5) is 0. The van der Waals surface area contributed by atoms with E-state index in [9.17, 15) is 0 Å². The summed E-state index contributed by atoms with van der Waals surface area (Å²) in [6.07, 6.45) is 0. The molecule has 0 amide bonds. The Kier molecular flexibility index (Phi) is 21.7. The van der Waals surface area contributed by atoms with E-state index >= 15 is 0 Å². The number of hydrogen-bond acceptors (Lipinski definition) is 3. The van der Waals surface area contributed by atoms with Crippen molar-refractivity contribution in [1.82, 2.24) is 5.32 Å². The van der Waals surface area contributed by atoms with E-state index in [1.807, 2.05) is 4.31 Å². The van der Waals surface area contributed by atoms with Crippen LogP contribution in [-0.2, 0) is 0 Å². The predicted molar refractivity (Wildman–Crippen MR) is 44.4 cm³/mol. The fraction of sp³-hybridized carbons (Fsp3) is 0.800. The first-order valence-corrected chi connectivity index (χ1v) is 3.35. The maximum absolute atomic E-state index is 3.96. The van der Waals surface area contributed by atoms with Crippen molar-refractivity contribution in [2.75, 3.05) is 13.1 Å². The molecule has 48 valence electrons. The normalized spacial score (nSPS) is 6.25. The minimum absolute atomic E-state index is 1.09. The lowest BCUT2D eigenvalue weighted by Gasteiger charge is -1.86. The topological polar surface area (TPSA) is 12.0 Å². The van der Waals surface area contributed by atoms with Gasteiger partial charge in [-0.3, -0.25) is 0 Å². The zero-order chi connectivity index (χ0) is 6.83. The van der Waals surface area contributed by atoms with Crippen LogP contribution in [0, 0.1) is 0 Å². The van der Waals surface area contributed by atoms with Crippen molar-refractivity contribution in [3.8, 4) is 0 Å². The van der Waals surface area contributed by atoms with Crippen molar-refractivity contribution < 1.29 is 0 Å². The summed E-state index contributed by atoms with van der Waals surface area (Å²) in [6.45, 7) is 6.39. The third kappa shape index (κ3) is 34.9. The van der Waals surface area contributed by atoms with Gasteiger partial charge in [-0.2, -0.15) is 0 Å². The van der Waals surface area contributed by atoms with Crippen molar-refractivity contribution in [1.29, 1.82) is 0 Å². The van der Waals surface area contributed by atoms with Crippen LogP contribution in [0.2, 0.25) is 0 Å². The van der Waals surface area contributed by atoms with E-state index in [1.165, 1.54) is 0 Å².